The number of methoxy groups -OCH3 is 1. The Morgan fingerprint density at radius 1 is 0.952 bits per heavy atom. The molecule has 0 aliphatic carbocycles. The average molecular weight is 307 g/mol. The van der Waals surface area contributed by atoms with Gasteiger partial charge >= 0.3 is 0 Å². The smallest absolute Gasteiger partial charge is 0.181 e. The lowest BCUT2D eigenvalue weighted by atomic mass is 10.3. The summed E-state index contributed by atoms with van der Waals surface area (Å²) in [5.74, 6) is 1.23. The summed E-state index contributed by atoms with van der Waals surface area (Å²) in [5, 5.41) is 0. The van der Waals surface area contributed by atoms with Crippen molar-refractivity contribution in [3.05, 3.63) is 48.5 Å². The number of benzene rings is 2. The Labute approximate surface area is 124 Å². The monoisotopic (exact) mass is 307 g/mol. The first-order valence-corrected chi connectivity index (χ1v) is 8.01. The third-order valence-electron chi connectivity index (χ3n) is 2.92. The minimum atomic E-state index is -3.37. The second-order valence-electron chi connectivity index (χ2n) is 4.41. The fraction of sp³-hybridized carbons (Fsp3) is 0.200. The second kappa shape index (κ2) is 6.49. The van der Waals surface area contributed by atoms with Gasteiger partial charge < -0.3 is 15.2 Å². The van der Waals surface area contributed by atoms with Gasteiger partial charge in [-0.2, -0.15) is 0 Å². The van der Waals surface area contributed by atoms with E-state index in [0.29, 0.717) is 11.4 Å². The molecule has 0 atom stereocenters. The molecular weight excluding hydrogens is 290 g/mol. The standard InChI is InChI=1S/C15H17NO4S/c1-19-13-4-6-14(7-5-13)20-10-11-21(17,18)15-8-2-12(16)3-9-15/h2-9H,10-11,16H2,1H3. The van der Waals surface area contributed by atoms with Crippen LogP contribution in [0.25, 0.3) is 0 Å². The van der Waals surface area contributed by atoms with Gasteiger partial charge in [-0.15, -0.1) is 0 Å². The molecule has 6 heteroatoms. The molecule has 0 unspecified atom stereocenters. The number of rotatable bonds is 6. The van der Waals surface area contributed by atoms with Crippen molar-refractivity contribution in [2.24, 2.45) is 0 Å². The van der Waals surface area contributed by atoms with Crippen molar-refractivity contribution in [1.29, 1.82) is 0 Å². The zero-order valence-electron chi connectivity index (χ0n) is 11.7. The number of ether oxygens (including phenoxy) is 2. The molecule has 0 saturated carbocycles. The maximum Gasteiger partial charge on any atom is 0.181 e. The molecule has 112 valence electrons. The van der Waals surface area contributed by atoms with Gasteiger partial charge in [0, 0.05) is 5.69 Å². The minimum Gasteiger partial charge on any atom is -0.497 e. The summed E-state index contributed by atoms with van der Waals surface area (Å²) in [6.07, 6.45) is 0. The van der Waals surface area contributed by atoms with E-state index in [1.165, 1.54) is 12.1 Å². The number of hydrogen-bond acceptors (Lipinski definition) is 5. The Kier molecular flexibility index (Phi) is 4.70. The number of anilines is 1. The summed E-state index contributed by atoms with van der Waals surface area (Å²) in [5.41, 5.74) is 6.07. The van der Waals surface area contributed by atoms with Gasteiger partial charge in [0.2, 0.25) is 0 Å². The maximum absolute atomic E-state index is 12.1. The maximum atomic E-state index is 12.1. The number of nitrogens with two attached hydrogens (primary N) is 1. The molecule has 0 bridgehead atoms. The van der Waals surface area contributed by atoms with E-state index in [9.17, 15) is 8.42 Å². The number of sulfone groups is 1. The van der Waals surface area contributed by atoms with Gasteiger partial charge in [0.25, 0.3) is 0 Å². The van der Waals surface area contributed by atoms with Crippen molar-refractivity contribution in [2.45, 2.75) is 4.90 Å². The van der Waals surface area contributed by atoms with Crippen LogP contribution in [0.1, 0.15) is 0 Å². The molecule has 0 heterocycles. The van der Waals surface area contributed by atoms with Gasteiger partial charge in [-0.05, 0) is 48.5 Å². The summed E-state index contributed by atoms with van der Waals surface area (Å²) in [4.78, 5) is 0.245. The number of nitrogen functional groups attached to an aromatic ring is 1. The zero-order valence-corrected chi connectivity index (χ0v) is 12.5. The lowest BCUT2D eigenvalue weighted by Gasteiger charge is -2.08. The highest BCUT2D eigenvalue weighted by molar-refractivity contribution is 7.91. The van der Waals surface area contributed by atoms with E-state index >= 15 is 0 Å². The topological polar surface area (TPSA) is 78.6 Å². The van der Waals surface area contributed by atoms with E-state index in [4.69, 9.17) is 15.2 Å². The average Bonchev–Trinajstić information content (AvgIpc) is 2.48. The Morgan fingerprint density at radius 3 is 2.10 bits per heavy atom. The molecule has 2 N–H and O–H groups in total. The molecule has 0 saturated heterocycles. The van der Waals surface area contributed by atoms with Crippen LogP contribution in [0.4, 0.5) is 5.69 Å². The van der Waals surface area contributed by atoms with E-state index in [2.05, 4.69) is 0 Å². The number of hydrogen-bond donors (Lipinski definition) is 1. The lowest BCUT2D eigenvalue weighted by Crippen LogP contribution is -2.14. The molecule has 0 aromatic heterocycles. The molecule has 2 rings (SSSR count). The molecule has 5 nitrogen and oxygen atoms in total. The Hall–Kier alpha value is -2.21. The van der Waals surface area contributed by atoms with Crippen molar-refractivity contribution in [1.82, 2.24) is 0 Å². The molecule has 2 aromatic rings. The van der Waals surface area contributed by atoms with E-state index in [1.54, 1.807) is 43.5 Å². The van der Waals surface area contributed by atoms with Gasteiger partial charge in [0.15, 0.2) is 9.84 Å². The summed E-state index contributed by atoms with van der Waals surface area (Å²) >= 11 is 0. The zero-order chi connectivity index (χ0) is 15.3. The van der Waals surface area contributed by atoms with Gasteiger partial charge in [-0.3, -0.25) is 0 Å². The molecule has 0 spiro atoms. The van der Waals surface area contributed by atoms with Crippen molar-refractivity contribution in [3.8, 4) is 11.5 Å². The first-order valence-electron chi connectivity index (χ1n) is 6.36. The van der Waals surface area contributed by atoms with E-state index in [0.717, 1.165) is 5.75 Å². The van der Waals surface area contributed by atoms with Crippen LogP contribution in [0.15, 0.2) is 53.4 Å². The van der Waals surface area contributed by atoms with E-state index < -0.39 is 9.84 Å². The fourth-order valence-electron chi connectivity index (χ4n) is 1.73. The molecule has 2 aromatic carbocycles. The van der Waals surface area contributed by atoms with Gasteiger partial charge in [0.1, 0.15) is 18.1 Å². The molecule has 0 fully saturated rings. The first kappa shape index (κ1) is 15.2. The van der Waals surface area contributed by atoms with Gasteiger partial charge in [-0.25, -0.2) is 8.42 Å². The molecule has 0 radical (unpaired) electrons. The normalized spacial score (nSPS) is 11.1. The third-order valence-corrected chi connectivity index (χ3v) is 4.61. The van der Waals surface area contributed by atoms with Crippen LogP contribution in [0.5, 0.6) is 11.5 Å². The van der Waals surface area contributed by atoms with Crippen molar-refractivity contribution in [3.63, 3.8) is 0 Å². The second-order valence-corrected chi connectivity index (χ2v) is 6.52. The van der Waals surface area contributed by atoms with Crippen LogP contribution < -0.4 is 15.2 Å². The summed E-state index contributed by atoms with van der Waals surface area (Å²) in [6.45, 7) is 0.0824. The SMILES string of the molecule is COc1ccc(OCCS(=O)(=O)c2ccc(N)cc2)cc1. The van der Waals surface area contributed by atoms with Crippen molar-refractivity contribution in [2.75, 3.05) is 25.2 Å². The predicted molar refractivity (Wildman–Crippen MR) is 81.4 cm³/mol. The molecular formula is C15H17NO4S. The molecule has 21 heavy (non-hydrogen) atoms. The Morgan fingerprint density at radius 2 is 1.52 bits per heavy atom. The van der Waals surface area contributed by atoms with E-state index in [1.807, 2.05) is 0 Å². The lowest BCUT2D eigenvalue weighted by molar-refractivity contribution is 0.339. The molecule has 0 aliphatic rings. The molecule has 0 aliphatic heterocycles. The van der Waals surface area contributed by atoms with Crippen LogP contribution in [0, 0.1) is 0 Å². The van der Waals surface area contributed by atoms with Gasteiger partial charge in [0.05, 0.1) is 17.8 Å². The highest BCUT2D eigenvalue weighted by Gasteiger charge is 2.14. The van der Waals surface area contributed by atoms with E-state index in [-0.39, 0.29) is 17.3 Å². The largest absolute Gasteiger partial charge is 0.497 e. The quantitative estimate of drug-likeness (QED) is 0.827. The fourth-order valence-corrected chi connectivity index (χ4v) is 2.82. The Bertz CT molecular complexity index is 679. The molecule has 0 amide bonds. The summed E-state index contributed by atoms with van der Waals surface area (Å²) < 4.78 is 34.6. The highest BCUT2D eigenvalue weighted by atomic mass is 32.2. The third kappa shape index (κ3) is 4.13. The van der Waals surface area contributed by atoms with Crippen LogP contribution in [-0.4, -0.2) is 27.9 Å². The summed E-state index contributed by atoms with van der Waals surface area (Å²) in [7, 11) is -1.79. The first-order chi connectivity index (χ1) is 10.0. The van der Waals surface area contributed by atoms with Crippen LogP contribution in [0.3, 0.4) is 0 Å². The highest BCUT2D eigenvalue weighted by Crippen LogP contribution is 2.18. The minimum absolute atomic E-state index is 0.0824. The summed E-state index contributed by atoms with van der Waals surface area (Å²) in [6, 6.07) is 13.1. The van der Waals surface area contributed by atoms with Crippen molar-refractivity contribution < 1.29 is 17.9 Å². The van der Waals surface area contributed by atoms with Crippen LogP contribution in [-0.2, 0) is 9.84 Å². The van der Waals surface area contributed by atoms with Crippen molar-refractivity contribution >= 4 is 15.5 Å². The van der Waals surface area contributed by atoms with Crippen LogP contribution in [0.2, 0.25) is 0 Å². The predicted octanol–water partition coefficient (Wildman–Crippen LogP) is 2.13. The van der Waals surface area contributed by atoms with Crippen LogP contribution >= 0.6 is 0 Å². The van der Waals surface area contributed by atoms with Gasteiger partial charge in [-0.1, -0.05) is 0 Å². The Balaban J connectivity index is 1.93.